The maximum atomic E-state index is 11.1. The van der Waals surface area contributed by atoms with Crippen LogP contribution in [0.3, 0.4) is 0 Å². The van der Waals surface area contributed by atoms with Crippen molar-refractivity contribution in [2.24, 2.45) is 0 Å². The minimum atomic E-state index is -0.440. The molecule has 5 nitrogen and oxygen atoms in total. The SMILES string of the molecule is O=[N+]([O-])c1ccccc1-n1nc(C2CC2)c(CCl)c1Cl. The number of nitro benzene ring substituents is 1. The van der Waals surface area contributed by atoms with Crippen LogP contribution in [-0.2, 0) is 5.88 Å². The molecule has 0 spiro atoms. The lowest BCUT2D eigenvalue weighted by molar-refractivity contribution is -0.384. The van der Waals surface area contributed by atoms with Gasteiger partial charge in [-0.05, 0) is 18.9 Å². The fourth-order valence-electron chi connectivity index (χ4n) is 2.21. The number of nitro groups is 1. The van der Waals surface area contributed by atoms with Gasteiger partial charge >= 0.3 is 0 Å². The predicted molar refractivity (Wildman–Crippen MR) is 76.8 cm³/mol. The molecule has 0 bridgehead atoms. The van der Waals surface area contributed by atoms with Gasteiger partial charge in [-0.3, -0.25) is 10.1 Å². The third kappa shape index (κ3) is 2.17. The molecule has 1 heterocycles. The van der Waals surface area contributed by atoms with E-state index in [0.717, 1.165) is 24.1 Å². The summed E-state index contributed by atoms with van der Waals surface area (Å²) in [4.78, 5) is 10.7. The number of halogens is 2. The molecule has 7 heteroatoms. The number of hydrogen-bond acceptors (Lipinski definition) is 3. The molecule has 0 aliphatic heterocycles. The fraction of sp³-hybridized carbons (Fsp3) is 0.308. The Labute approximate surface area is 125 Å². The number of aromatic nitrogens is 2. The van der Waals surface area contributed by atoms with Crippen molar-refractivity contribution in [1.29, 1.82) is 0 Å². The molecule has 104 valence electrons. The highest BCUT2D eigenvalue weighted by Gasteiger charge is 2.32. The summed E-state index contributed by atoms with van der Waals surface area (Å²) in [5.41, 5.74) is 1.97. The van der Waals surface area contributed by atoms with E-state index in [1.54, 1.807) is 18.2 Å². The highest BCUT2D eigenvalue weighted by Crippen LogP contribution is 2.43. The lowest BCUT2D eigenvalue weighted by atomic mass is 10.2. The van der Waals surface area contributed by atoms with Crippen LogP contribution >= 0.6 is 23.2 Å². The van der Waals surface area contributed by atoms with E-state index in [0.29, 0.717) is 16.8 Å². The van der Waals surface area contributed by atoms with E-state index in [-0.39, 0.29) is 11.6 Å². The zero-order valence-corrected chi connectivity index (χ0v) is 11.9. The van der Waals surface area contributed by atoms with Gasteiger partial charge in [0.05, 0.1) is 16.5 Å². The van der Waals surface area contributed by atoms with Gasteiger partial charge in [-0.25, -0.2) is 4.68 Å². The quantitative estimate of drug-likeness (QED) is 0.486. The van der Waals surface area contributed by atoms with Crippen molar-refractivity contribution < 1.29 is 4.92 Å². The van der Waals surface area contributed by atoms with Crippen LogP contribution in [0, 0.1) is 10.1 Å². The summed E-state index contributed by atoms with van der Waals surface area (Å²) in [7, 11) is 0. The molecule has 1 fully saturated rings. The summed E-state index contributed by atoms with van der Waals surface area (Å²) in [5.74, 6) is 0.635. The normalized spacial score (nSPS) is 14.5. The smallest absolute Gasteiger partial charge is 0.258 e. The molecule has 0 saturated heterocycles. The molecule has 1 aliphatic carbocycles. The summed E-state index contributed by atoms with van der Waals surface area (Å²) in [5, 5.41) is 15.9. The van der Waals surface area contributed by atoms with Gasteiger partial charge in [0, 0.05) is 17.5 Å². The van der Waals surface area contributed by atoms with Gasteiger partial charge in [0.1, 0.15) is 10.8 Å². The topological polar surface area (TPSA) is 61.0 Å². The molecule has 1 aromatic heterocycles. The van der Waals surface area contributed by atoms with Crippen molar-refractivity contribution in [1.82, 2.24) is 9.78 Å². The van der Waals surface area contributed by atoms with Gasteiger partial charge in [0.15, 0.2) is 0 Å². The Balaban J connectivity index is 2.18. The standard InChI is InChI=1S/C13H11Cl2N3O2/c14-7-9-12(8-5-6-8)16-17(13(9)15)10-3-1-2-4-11(10)18(19)20/h1-4,8H,5-7H2. The van der Waals surface area contributed by atoms with Gasteiger partial charge in [-0.2, -0.15) is 5.10 Å². The van der Waals surface area contributed by atoms with Gasteiger partial charge in [-0.15, -0.1) is 11.6 Å². The van der Waals surface area contributed by atoms with Crippen LogP contribution in [0.1, 0.15) is 30.0 Å². The highest BCUT2D eigenvalue weighted by molar-refractivity contribution is 6.31. The maximum Gasteiger partial charge on any atom is 0.294 e. The van der Waals surface area contributed by atoms with Gasteiger partial charge in [0.25, 0.3) is 5.69 Å². The first-order chi connectivity index (χ1) is 9.63. The Hall–Kier alpha value is -1.59. The maximum absolute atomic E-state index is 11.1. The molecular weight excluding hydrogens is 301 g/mol. The van der Waals surface area contributed by atoms with E-state index in [2.05, 4.69) is 5.10 Å². The van der Waals surface area contributed by atoms with E-state index < -0.39 is 4.92 Å². The van der Waals surface area contributed by atoms with Crippen LogP contribution in [0.15, 0.2) is 24.3 Å². The summed E-state index contributed by atoms with van der Waals surface area (Å²) < 4.78 is 1.42. The lowest BCUT2D eigenvalue weighted by Crippen LogP contribution is -2.02. The zero-order valence-electron chi connectivity index (χ0n) is 10.4. The van der Waals surface area contributed by atoms with Crippen molar-refractivity contribution >= 4 is 28.9 Å². The van der Waals surface area contributed by atoms with Gasteiger partial charge in [-0.1, -0.05) is 23.7 Å². The average molecular weight is 312 g/mol. The molecule has 0 unspecified atom stereocenters. The second kappa shape index (κ2) is 5.07. The van der Waals surface area contributed by atoms with Crippen LogP contribution in [0.4, 0.5) is 5.69 Å². The number of alkyl halides is 1. The molecule has 1 saturated carbocycles. The van der Waals surface area contributed by atoms with Crippen molar-refractivity contribution in [3.8, 4) is 5.69 Å². The van der Waals surface area contributed by atoms with E-state index >= 15 is 0 Å². The summed E-state index contributed by atoms with van der Waals surface area (Å²) in [6, 6.07) is 6.40. The van der Waals surface area contributed by atoms with E-state index in [9.17, 15) is 10.1 Å². The second-order valence-corrected chi connectivity index (χ2v) is 5.35. The molecule has 20 heavy (non-hydrogen) atoms. The molecule has 1 aliphatic rings. The van der Waals surface area contributed by atoms with E-state index in [4.69, 9.17) is 23.2 Å². The Morgan fingerprint density at radius 1 is 1.40 bits per heavy atom. The van der Waals surface area contributed by atoms with Crippen LogP contribution < -0.4 is 0 Å². The first kappa shape index (κ1) is 13.4. The Bertz CT molecular complexity index is 680. The molecule has 3 rings (SSSR count). The van der Waals surface area contributed by atoms with Gasteiger partial charge < -0.3 is 0 Å². The molecular formula is C13H11Cl2N3O2. The van der Waals surface area contributed by atoms with Crippen molar-refractivity contribution in [3.63, 3.8) is 0 Å². The van der Waals surface area contributed by atoms with Crippen molar-refractivity contribution in [3.05, 3.63) is 50.8 Å². The van der Waals surface area contributed by atoms with Crippen LogP contribution in [0.2, 0.25) is 5.15 Å². The average Bonchev–Trinajstić information content (AvgIpc) is 3.23. The molecule has 0 atom stereocenters. The third-order valence-electron chi connectivity index (χ3n) is 3.36. The van der Waals surface area contributed by atoms with Crippen molar-refractivity contribution in [2.75, 3.05) is 0 Å². The minimum Gasteiger partial charge on any atom is -0.258 e. The predicted octanol–water partition coefficient (Wildman–Crippen LogP) is 4.05. The number of rotatable bonds is 4. The van der Waals surface area contributed by atoms with Crippen LogP contribution in [-0.4, -0.2) is 14.7 Å². The van der Waals surface area contributed by atoms with E-state index in [1.807, 2.05) is 0 Å². The Morgan fingerprint density at radius 3 is 2.70 bits per heavy atom. The fourth-order valence-corrected chi connectivity index (χ4v) is 2.84. The largest absolute Gasteiger partial charge is 0.294 e. The summed E-state index contributed by atoms with van der Waals surface area (Å²) in [6.07, 6.45) is 2.13. The minimum absolute atomic E-state index is 0.0274. The van der Waals surface area contributed by atoms with E-state index in [1.165, 1.54) is 10.7 Å². The lowest BCUT2D eigenvalue weighted by Gasteiger charge is -2.04. The summed E-state index contributed by atoms with van der Waals surface area (Å²) >= 11 is 12.2. The second-order valence-electron chi connectivity index (χ2n) is 4.72. The number of benzene rings is 1. The van der Waals surface area contributed by atoms with Crippen molar-refractivity contribution in [2.45, 2.75) is 24.6 Å². The third-order valence-corrected chi connectivity index (χ3v) is 4.01. The Kier molecular flexibility index (Phi) is 3.40. The van der Waals surface area contributed by atoms with Crippen LogP contribution in [0.5, 0.6) is 0 Å². The Morgan fingerprint density at radius 2 is 2.10 bits per heavy atom. The first-order valence-electron chi connectivity index (χ1n) is 6.20. The van der Waals surface area contributed by atoms with Gasteiger partial charge in [0.2, 0.25) is 0 Å². The number of hydrogen-bond donors (Lipinski definition) is 0. The zero-order chi connectivity index (χ0) is 14.3. The molecule has 0 N–H and O–H groups in total. The molecule has 2 aromatic rings. The summed E-state index contributed by atoms with van der Waals surface area (Å²) in [6.45, 7) is 0. The van der Waals surface area contributed by atoms with Crippen LogP contribution in [0.25, 0.3) is 5.69 Å². The number of para-hydroxylation sites is 2. The molecule has 1 aromatic carbocycles. The monoisotopic (exact) mass is 311 g/mol. The molecule has 0 amide bonds. The molecule has 0 radical (unpaired) electrons. The highest BCUT2D eigenvalue weighted by atomic mass is 35.5. The first-order valence-corrected chi connectivity index (χ1v) is 7.11. The number of nitrogens with zero attached hydrogens (tertiary/aromatic N) is 3.